The highest BCUT2D eigenvalue weighted by molar-refractivity contribution is 5.75. The standard InChI is InChI=1S/C11H23N3O/c1-13(2)11(15)4-3-6-14-7-5-10(8-12)9-14/h10H,3-9,12H2,1-2H3. The number of hydrogen-bond acceptors (Lipinski definition) is 3. The van der Waals surface area contributed by atoms with Crippen LogP contribution < -0.4 is 5.73 Å². The largest absolute Gasteiger partial charge is 0.349 e. The van der Waals surface area contributed by atoms with Gasteiger partial charge in [0.05, 0.1) is 0 Å². The lowest BCUT2D eigenvalue weighted by Gasteiger charge is -2.16. The number of nitrogens with two attached hydrogens (primary N) is 1. The van der Waals surface area contributed by atoms with Gasteiger partial charge in [-0.25, -0.2) is 0 Å². The van der Waals surface area contributed by atoms with Crippen molar-refractivity contribution < 1.29 is 4.79 Å². The quantitative estimate of drug-likeness (QED) is 0.706. The second kappa shape index (κ2) is 6.08. The van der Waals surface area contributed by atoms with Crippen LogP contribution >= 0.6 is 0 Å². The number of amides is 1. The molecule has 4 heteroatoms. The molecule has 1 fully saturated rings. The van der Waals surface area contributed by atoms with Gasteiger partial charge in [0.2, 0.25) is 5.91 Å². The monoisotopic (exact) mass is 213 g/mol. The Bertz CT molecular complexity index is 206. The predicted octanol–water partition coefficient (Wildman–Crippen LogP) is 0.135. The van der Waals surface area contributed by atoms with Crippen LogP contribution in [-0.2, 0) is 4.79 Å². The van der Waals surface area contributed by atoms with Crippen molar-refractivity contribution in [1.29, 1.82) is 0 Å². The molecule has 1 unspecified atom stereocenters. The Morgan fingerprint density at radius 2 is 2.27 bits per heavy atom. The summed E-state index contributed by atoms with van der Waals surface area (Å²) in [5.41, 5.74) is 5.63. The van der Waals surface area contributed by atoms with Crippen LogP contribution in [0.1, 0.15) is 19.3 Å². The summed E-state index contributed by atoms with van der Waals surface area (Å²) in [5.74, 6) is 0.902. The van der Waals surface area contributed by atoms with E-state index in [0.717, 1.165) is 32.6 Å². The van der Waals surface area contributed by atoms with Crippen molar-refractivity contribution in [2.45, 2.75) is 19.3 Å². The van der Waals surface area contributed by atoms with Crippen molar-refractivity contribution in [3.63, 3.8) is 0 Å². The summed E-state index contributed by atoms with van der Waals surface area (Å²) < 4.78 is 0. The summed E-state index contributed by atoms with van der Waals surface area (Å²) in [7, 11) is 3.62. The number of likely N-dealkylation sites (tertiary alicyclic amines) is 1. The lowest BCUT2D eigenvalue weighted by atomic mass is 10.1. The van der Waals surface area contributed by atoms with Crippen LogP contribution in [0.15, 0.2) is 0 Å². The van der Waals surface area contributed by atoms with E-state index in [1.54, 1.807) is 4.90 Å². The summed E-state index contributed by atoms with van der Waals surface area (Å²) in [5, 5.41) is 0. The van der Waals surface area contributed by atoms with E-state index >= 15 is 0 Å². The molecule has 2 N–H and O–H groups in total. The van der Waals surface area contributed by atoms with Gasteiger partial charge in [-0.15, -0.1) is 0 Å². The molecule has 15 heavy (non-hydrogen) atoms. The highest BCUT2D eigenvalue weighted by atomic mass is 16.2. The van der Waals surface area contributed by atoms with Crippen molar-refractivity contribution in [2.75, 3.05) is 40.3 Å². The van der Waals surface area contributed by atoms with Gasteiger partial charge in [-0.3, -0.25) is 4.79 Å². The van der Waals surface area contributed by atoms with Crippen LogP contribution in [-0.4, -0.2) is 56.0 Å². The first-order chi connectivity index (χ1) is 7.13. The van der Waals surface area contributed by atoms with E-state index in [9.17, 15) is 4.79 Å². The fourth-order valence-corrected chi connectivity index (χ4v) is 1.99. The summed E-state index contributed by atoms with van der Waals surface area (Å²) in [6.07, 6.45) is 2.85. The first kappa shape index (κ1) is 12.5. The zero-order chi connectivity index (χ0) is 11.3. The molecule has 0 aliphatic carbocycles. The van der Waals surface area contributed by atoms with Crippen LogP contribution in [0.4, 0.5) is 0 Å². The Hall–Kier alpha value is -0.610. The molecule has 1 aliphatic heterocycles. The van der Waals surface area contributed by atoms with Crippen molar-refractivity contribution in [1.82, 2.24) is 9.80 Å². The zero-order valence-corrected chi connectivity index (χ0v) is 9.91. The summed E-state index contributed by atoms with van der Waals surface area (Å²) in [4.78, 5) is 15.4. The summed E-state index contributed by atoms with van der Waals surface area (Å²) >= 11 is 0. The fourth-order valence-electron chi connectivity index (χ4n) is 1.99. The molecule has 1 atom stereocenters. The Morgan fingerprint density at radius 1 is 1.53 bits per heavy atom. The van der Waals surface area contributed by atoms with E-state index < -0.39 is 0 Å². The molecule has 1 heterocycles. The number of carbonyl (C=O) groups excluding carboxylic acids is 1. The minimum atomic E-state index is 0.226. The second-order valence-electron chi connectivity index (χ2n) is 4.58. The van der Waals surface area contributed by atoms with Crippen LogP contribution in [0.25, 0.3) is 0 Å². The first-order valence-electron chi connectivity index (χ1n) is 5.76. The molecule has 0 saturated carbocycles. The average molecular weight is 213 g/mol. The molecule has 88 valence electrons. The topological polar surface area (TPSA) is 49.6 Å². The number of nitrogens with zero attached hydrogens (tertiary/aromatic N) is 2. The van der Waals surface area contributed by atoms with E-state index in [1.165, 1.54) is 6.42 Å². The number of carbonyl (C=O) groups is 1. The highest BCUT2D eigenvalue weighted by Crippen LogP contribution is 2.15. The third-order valence-corrected chi connectivity index (χ3v) is 3.07. The average Bonchev–Trinajstić information content (AvgIpc) is 2.65. The van der Waals surface area contributed by atoms with Crippen molar-refractivity contribution in [2.24, 2.45) is 11.7 Å². The van der Waals surface area contributed by atoms with Crippen LogP contribution in [0.3, 0.4) is 0 Å². The molecule has 0 aromatic carbocycles. The van der Waals surface area contributed by atoms with Gasteiger partial charge in [-0.05, 0) is 38.4 Å². The first-order valence-corrected chi connectivity index (χ1v) is 5.76. The molecular weight excluding hydrogens is 190 g/mol. The lowest BCUT2D eigenvalue weighted by Crippen LogP contribution is -2.26. The van der Waals surface area contributed by atoms with Gasteiger partial charge in [0, 0.05) is 27.1 Å². The summed E-state index contributed by atoms with van der Waals surface area (Å²) in [6, 6.07) is 0. The minimum absolute atomic E-state index is 0.226. The normalized spacial score (nSPS) is 21.9. The van der Waals surface area contributed by atoms with Crippen molar-refractivity contribution >= 4 is 5.91 Å². The highest BCUT2D eigenvalue weighted by Gasteiger charge is 2.20. The Kier molecular flexibility index (Phi) is 5.05. The smallest absolute Gasteiger partial charge is 0.222 e. The van der Waals surface area contributed by atoms with Gasteiger partial charge in [-0.1, -0.05) is 0 Å². The molecule has 1 amide bonds. The molecule has 1 aliphatic rings. The van der Waals surface area contributed by atoms with Gasteiger partial charge in [0.15, 0.2) is 0 Å². The second-order valence-corrected chi connectivity index (χ2v) is 4.58. The fraction of sp³-hybridized carbons (Fsp3) is 0.909. The molecule has 0 bridgehead atoms. The van der Waals surface area contributed by atoms with Crippen LogP contribution in [0.5, 0.6) is 0 Å². The number of rotatable bonds is 5. The van der Waals surface area contributed by atoms with E-state index in [4.69, 9.17) is 5.73 Å². The minimum Gasteiger partial charge on any atom is -0.349 e. The van der Waals surface area contributed by atoms with E-state index in [0.29, 0.717) is 12.3 Å². The van der Waals surface area contributed by atoms with Gasteiger partial charge in [0.25, 0.3) is 0 Å². The van der Waals surface area contributed by atoms with Gasteiger partial charge in [0.1, 0.15) is 0 Å². The van der Waals surface area contributed by atoms with Crippen LogP contribution in [0, 0.1) is 5.92 Å². The van der Waals surface area contributed by atoms with E-state index in [2.05, 4.69) is 4.90 Å². The lowest BCUT2D eigenvalue weighted by molar-refractivity contribution is -0.128. The third kappa shape index (κ3) is 4.18. The number of hydrogen-bond donors (Lipinski definition) is 1. The molecule has 0 spiro atoms. The zero-order valence-electron chi connectivity index (χ0n) is 9.91. The molecule has 0 aromatic rings. The molecule has 1 saturated heterocycles. The Labute approximate surface area is 92.4 Å². The molecule has 4 nitrogen and oxygen atoms in total. The molecule has 1 rings (SSSR count). The van der Waals surface area contributed by atoms with E-state index in [-0.39, 0.29) is 5.91 Å². The summed E-state index contributed by atoms with van der Waals surface area (Å²) in [6.45, 7) is 4.11. The van der Waals surface area contributed by atoms with Crippen molar-refractivity contribution in [3.8, 4) is 0 Å². The Balaban J connectivity index is 2.09. The molecule has 0 radical (unpaired) electrons. The van der Waals surface area contributed by atoms with Gasteiger partial charge in [-0.2, -0.15) is 0 Å². The third-order valence-electron chi connectivity index (χ3n) is 3.07. The maximum Gasteiger partial charge on any atom is 0.222 e. The predicted molar refractivity (Wildman–Crippen MR) is 61.5 cm³/mol. The van der Waals surface area contributed by atoms with Crippen LogP contribution in [0.2, 0.25) is 0 Å². The SMILES string of the molecule is CN(C)C(=O)CCCN1CCC(CN)C1. The maximum absolute atomic E-state index is 11.3. The Morgan fingerprint density at radius 3 is 2.80 bits per heavy atom. The van der Waals surface area contributed by atoms with E-state index in [1.807, 2.05) is 14.1 Å². The van der Waals surface area contributed by atoms with Gasteiger partial charge >= 0.3 is 0 Å². The van der Waals surface area contributed by atoms with Crippen molar-refractivity contribution in [3.05, 3.63) is 0 Å². The molecular formula is C11H23N3O. The van der Waals surface area contributed by atoms with Gasteiger partial charge < -0.3 is 15.5 Å². The molecule has 0 aromatic heterocycles. The maximum atomic E-state index is 11.3.